The summed E-state index contributed by atoms with van der Waals surface area (Å²) in [7, 11) is 0.117. The van der Waals surface area contributed by atoms with Crippen LogP contribution in [0.5, 0.6) is 0 Å². The smallest absolute Gasteiger partial charge is 0.101 e. The lowest BCUT2D eigenvalue weighted by Crippen LogP contribution is -1.91. The first-order valence-electron chi connectivity index (χ1n) is 5.10. The van der Waals surface area contributed by atoms with Crippen LogP contribution in [0.4, 0.5) is 0 Å². The molecule has 0 N–H and O–H groups in total. The van der Waals surface area contributed by atoms with Gasteiger partial charge in [-0.05, 0) is 17.9 Å². The minimum absolute atomic E-state index is 0.117. The van der Waals surface area contributed by atoms with Crippen molar-refractivity contribution in [3.05, 3.63) is 0 Å². The molecule has 12 heavy (non-hydrogen) atoms. The van der Waals surface area contributed by atoms with Crippen molar-refractivity contribution in [2.45, 2.75) is 39.0 Å². The summed E-state index contributed by atoms with van der Waals surface area (Å²) in [6.45, 7) is 3.32. The maximum Gasteiger partial charge on any atom is 0.101 e. The predicted molar refractivity (Wildman–Crippen MR) is 59.8 cm³/mol. The Morgan fingerprint density at radius 1 is 1.25 bits per heavy atom. The largest absolute Gasteiger partial charge is 0.277 e. The fraction of sp³-hybridized carbons (Fsp3) is 0.900. The molecular weight excluding hydrogens is 166 g/mol. The summed E-state index contributed by atoms with van der Waals surface area (Å²) < 4.78 is 0. The molecule has 0 spiro atoms. The van der Waals surface area contributed by atoms with Crippen LogP contribution in [0.3, 0.4) is 0 Å². The Morgan fingerprint density at radius 3 is 2.75 bits per heavy atom. The number of aliphatic imine (C=N–C) groups is 1. The number of unbranched alkanes of at least 4 members (excludes halogenated alkanes) is 4. The zero-order chi connectivity index (χ0) is 8.65. The van der Waals surface area contributed by atoms with Gasteiger partial charge in [-0.2, -0.15) is 0 Å². The molecule has 0 saturated carbocycles. The topological polar surface area (TPSA) is 12.4 Å². The van der Waals surface area contributed by atoms with Gasteiger partial charge in [0.1, 0.15) is 5.55 Å². The monoisotopic (exact) mass is 186 g/mol. The fourth-order valence-corrected chi connectivity index (χ4v) is 3.11. The van der Waals surface area contributed by atoms with Crippen molar-refractivity contribution < 1.29 is 0 Å². The SMILES string of the molecule is CCCCCCC[SH]1[C]=NCC1. The summed E-state index contributed by atoms with van der Waals surface area (Å²) in [6.07, 6.45) is 7.03. The van der Waals surface area contributed by atoms with Gasteiger partial charge < -0.3 is 0 Å². The maximum absolute atomic E-state index is 4.16. The normalized spacial score (nSPS) is 24.9. The van der Waals surface area contributed by atoms with E-state index in [0.717, 1.165) is 6.54 Å². The lowest BCUT2D eigenvalue weighted by atomic mass is 10.2. The van der Waals surface area contributed by atoms with E-state index in [1.54, 1.807) is 0 Å². The summed E-state index contributed by atoms with van der Waals surface area (Å²) in [5.41, 5.74) is 3.24. The zero-order valence-corrected chi connectivity index (χ0v) is 8.95. The lowest BCUT2D eigenvalue weighted by Gasteiger charge is -2.08. The molecule has 0 aliphatic carbocycles. The first-order chi connectivity index (χ1) is 5.93. The Labute approximate surface area is 79.0 Å². The highest BCUT2D eigenvalue weighted by Gasteiger charge is 2.05. The van der Waals surface area contributed by atoms with Gasteiger partial charge in [0.05, 0.1) is 0 Å². The molecule has 1 nitrogen and oxygen atoms in total. The van der Waals surface area contributed by atoms with E-state index in [1.165, 1.54) is 43.6 Å². The Kier molecular flexibility index (Phi) is 5.50. The second-order valence-electron chi connectivity index (χ2n) is 3.38. The molecule has 0 aromatic heterocycles. The van der Waals surface area contributed by atoms with E-state index >= 15 is 0 Å². The third-order valence-electron chi connectivity index (χ3n) is 2.23. The van der Waals surface area contributed by atoms with E-state index in [0.29, 0.717) is 0 Å². The summed E-state index contributed by atoms with van der Waals surface area (Å²) in [5.74, 6) is 2.71. The quantitative estimate of drug-likeness (QED) is 0.484. The highest BCUT2D eigenvalue weighted by atomic mass is 32.2. The number of hydrogen-bond acceptors (Lipinski definition) is 1. The highest BCUT2D eigenvalue weighted by Crippen LogP contribution is 2.27. The lowest BCUT2D eigenvalue weighted by molar-refractivity contribution is 0.659. The third kappa shape index (κ3) is 4.15. The minimum Gasteiger partial charge on any atom is -0.277 e. The van der Waals surface area contributed by atoms with Crippen LogP contribution in [0, 0.1) is 0 Å². The van der Waals surface area contributed by atoms with Crippen molar-refractivity contribution in [1.29, 1.82) is 0 Å². The molecule has 1 aliphatic rings. The van der Waals surface area contributed by atoms with E-state index in [4.69, 9.17) is 0 Å². The van der Waals surface area contributed by atoms with Crippen molar-refractivity contribution >= 4 is 16.4 Å². The van der Waals surface area contributed by atoms with Gasteiger partial charge in [0.25, 0.3) is 0 Å². The third-order valence-corrected chi connectivity index (χ3v) is 4.25. The summed E-state index contributed by atoms with van der Waals surface area (Å²) >= 11 is 0. The van der Waals surface area contributed by atoms with Crippen molar-refractivity contribution in [2.24, 2.45) is 4.99 Å². The molecule has 1 atom stereocenters. The van der Waals surface area contributed by atoms with Gasteiger partial charge in [0, 0.05) is 6.54 Å². The van der Waals surface area contributed by atoms with Crippen LogP contribution < -0.4 is 0 Å². The number of nitrogens with zero attached hydrogens (tertiary/aromatic N) is 1. The molecule has 71 valence electrons. The van der Waals surface area contributed by atoms with Gasteiger partial charge in [0.2, 0.25) is 0 Å². The van der Waals surface area contributed by atoms with Crippen LogP contribution in [0.1, 0.15) is 39.0 Å². The van der Waals surface area contributed by atoms with Crippen molar-refractivity contribution in [1.82, 2.24) is 0 Å². The molecule has 0 amide bonds. The molecule has 0 saturated heterocycles. The van der Waals surface area contributed by atoms with Crippen LogP contribution >= 0.6 is 10.9 Å². The summed E-state index contributed by atoms with van der Waals surface area (Å²) in [5, 5.41) is 0. The Morgan fingerprint density at radius 2 is 2.08 bits per heavy atom. The molecule has 0 bridgehead atoms. The first kappa shape index (κ1) is 10.1. The van der Waals surface area contributed by atoms with Crippen LogP contribution in [0.2, 0.25) is 0 Å². The molecule has 0 fully saturated rings. The predicted octanol–water partition coefficient (Wildman–Crippen LogP) is 2.88. The average Bonchev–Trinajstić information content (AvgIpc) is 2.57. The van der Waals surface area contributed by atoms with Crippen molar-refractivity contribution in [3.63, 3.8) is 0 Å². The second kappa shape index (κ2) is 6.53. The summed E-state index contributed by atoms with van der Waals surface area (Å²) in [4.78, 5) is 4.16. The minimum atomic E-state index is 0.117. The highest BCUT2D eigenvalue weighted by molar-refractivity contribution is 8.28. The van der Waals surface area contributed by atoms with Gasteiger partial charge in [-0.1, -0.05) is 32.6 Å². The van der Waals surface area contributed by atoms with Crippen LogP contribution in [0.15, 0.2) is 4.99 Å². The van der Waals surface area contributed by atoms with Crippen molar-refractivity contribution in [2.75, 3.05) is 18.1 Å². The first-order valence-corrected chi connectivity index (χ1v) is 6.82. The Bertz CT molecular complexity index is 134. The second-order valence-corrected chi connectivity index (χ2v) is 5.56. The average molecular weight is 186 g/mol. The van der Waals surface area contributed by atoms with E-state index in [2.05, 4.69) is 17.5 Å². The molecule has 2 heteroatoms. The molecule has 1 heterocycles. The molecule has 0 aromatic carbocycles. The molecule has 1 aliphatic heterocycles. The van der Waals surface area contributed by atoms with Crippen LogP contribution in [0.25, 0.3) is 0 Å². The summed E-state index contributed by atoms with van der Waals surface area (Å²) in [6, 6.07) is 0. The van der Waals surface area contributed by atoms with Gasteiger partial charge in [-0.3, -0.25) is 4.99 Å². The van der Waals surface area contributed by atoms with Crippen LogP contribution in [-0.4, -0.2) is 23.6 Å². The zero-order valence-electron chi connectivity index (χ0n) is 8.05. The number of thiol groups is 1. The standard InChI is InChI=1S/C10H20NS/c1-2-3-4-5-6-8-12-9-7-11-10-12/h12H,2-9H2,1H3. The van der Waals surface area contributed by atoms with Crippen molar-refractivity contribution in [3.8, 4) is 0 Å². The molecular formula is C10H20NS. The van der Waals surface area contributed by atoms with E-state index in [9.17, 15) is 0 Å². The van der Waals surface area contributed by atoms with Crippen LogP contribution in [-0.2, 0) is 0 Å². The Hall–Kier alpha value is 0.0200. The van der Waals surface area contributed by atoms with Gasteiger partial charge in [-0.25, -0.2) is 10.9 Å². The Balaban J connectivity index is 1.85. The fourth-order valence-electron chi connectivity index (χ4n) is 1.44. The van der Waals surface area contributed by atoms with E-state index in [1.807, 2.05) is 0 Å². The van der Waals surface area contributed by atoms with E-state index < -0.39 is 0 Å². The number of rotatable bonds is 6. The molecule has 0 aromatic rings. The van der Waals surface area contributed by atoms with Gasteiger partial charge in [-0.15, -0.1) is 0 Å². The molecule has 1 unspecified atom stereocenters. The van der Waals surface area contributed by atoms with Gasteiger partial charge in [0.15, 0.2) is 0 Å². The molecule has 1 radical (unpaired) electrons. The number of hydrogen-bond donors (Lipinski definition) is 1. The molecule has 1 rings (SSSR count). The van der Waals surface area contributed by atoms with E-state index in [-0.39, 0.29) is 10.9 Å². The maximum atomic E-state index is 4.16. The van der Waals surface area contributed by atoms with Gasteiger partial charge >= 0.3 is 0 Å².